The lowest BCUT2D eigenvalue weighted by Crippen LogP contribution is -2.55. The molecule has 0 aromatic rings. The van der Waals surface area contributed by atoms with Crippen molar-refractivity contribution in [3.8, 4) is 0 Å². The van der Waals surface area contributed by atoms with E-state index in [1.165, 1.54) is 0 Å². The highest BCUT2D eigenvalue weighted by Gasteiger charge is 2.28. The first-order valence-corrected chi connectivity index (χ1v) is 6.67. The van der Waals surface area contributed by atoms with Crippen molar-refractivity contribution in [1.29, 1.82) is 0 Å². The summed E-state index contributed by atoms with van der Waals surface area (Å²) in [4.78, 5) is 14.3. The Kier molecular flexibility index (Phi) is 7.18. The van der Waals surface area contributed by atoms with Gasteiger partial charge in [-0.1, -0.05) is 6.92 Å². The first-order chi connectivity index (χ1) is 7.85. The topological polar surface area (TPSA) is 58.4 Å². The maximum absolute atomic E-state index is 12.1. The molecule has 18 heavy (non-hydrogen) atoms. The predicted octanol–water partition coefficient (Wildman–Crippen LogP) is 1.52. The van der Waals surface area contributed by atoms with Gasteiger partial charge >= 0.3 is 0 Å². The molecule has 1 aliphatic heterocycles. The van der Waals surface area contributed by atoms with Crippen LogP contribution in [0.1, 0.15) is 47.0 Å². The summed E-state index contributed by atoms with van der Waals surface area (Å²) in [5.74, 6) is 0.117. The average molecular weight is 278 g/mol. The Hall–Kier alpha value is -0.320. The van der Waals surface area contributed by atoms with Crippen molar-refractivity contribution in [3.05, 3.63) is 0 Å². The van der Waals surface area contributed by atoms with Crippen LogP contribution in [0, 0.1) is 0 Å². The fourth-order valence-electron chi connectivity index (χ4n) is 2.08. The van der Waals surface area contributed by atoms with Crippen molar-refractivity contribution in [2.24, 2.45) is 5.73 Å². The van der Waals surface area contributed by atoms with Crippen molar-refractivity contribution in [2.75, 3.05) is 13.1 Å². The van der Waals surface area contributed by atoms with Crippen molar-refractivity contribution in [1.82, 2.24) is 10.2 Å². The van der Waals surface area contributed by atoms with E-state index in [4.69, 9.17) is 5.73 Å². The van der Waals surface area contributed by atoms with Crippen LogP contribution in [0.4, 0.5) is 0 Å². The Morgan fingerprint density at radius 3 is 2.67 bits per heavy atom. The molecule has 1 heterocycles. The molecule has 3 N–H and O–H groups in total. The molecular weight excluding hydrogens is 250 g/mol. The molecule has 0 aliphatic carbocycles. The molecular formula is C13H28ClN3O. The van der Waals surface area contributed by atoms with Crippen LogP contribution >= 0.6 is 12.4 Å². The summed E-state index contributed by atoms with van der Waals surface area (Å²) in [7, 11) is 0. The van der Waals surface area contributed by atoms with E-state index in [1.54, 1.807) is 0 Å². The van der Waals surface area contributed by atoms with Gasteiger partial charge in [-0.25, -0.2) is 0 Å². The first kappa shape index (κ1) is 17.7. The highest BCUT2D eigenvalue weighted by molar-refractivity contribution is 5.85. The largest absolute Gasteiger partial charge is 0.350 e. The summed E-state index contributed by atoms with van der Waals surface area (Å²) in [6.45, 7) is 9.98. The van der Waals surface area contributed by atoms with Crippen LogP contribution in [0.15, 0.2) is 0 Å². The van der Waals surface area contributed by atoms with E-state index in [0.29, 0.717) is 0 Å². The minimum Gasteiger partial charge on any atom is -0.350 e. The molecule has 2 atom stereocenters. The lowest BCUT2D eigenvalue weighted by molar-refractivity contribution is -0.128. The average Bonchev–Trinajstić information content (AvgIpc) is 2.27. The van der Waals surface area contributed by atoms with Gasteiger partial charge in [-0.15, -0.1) is 12.4 Å². The normalized spacial score (nSPS) is 23.1. The lowest BCUT2D eigenvalue weighted by Gasteiger charge is -2.36. The van der Waals surface area contributed by atoms with Gasteiger partial charge in [-0.05, 0) is 46.6 Å². The number of hydrogen-bond donors (Lipinski definition) is 2. The number of nitrogens with zero attached hydrogens (tertiary/aromatic N) is 1. The molecule has 1 unspecified atom stereocenters. The van der Waals surface area contributed by atoms with Crippen molar-refractivity contribution in [3.63, 3.8) is 0 Å². The third-order valence-corrected chi connectivity index (χ3v) is 3.76. The highest BCUT2D eigenvalue weighted by atomic mass is 35.5. The minimum absolute atomic E-state index is 0. The van der Waals surface area contributed by atoms with Gasteiger partial charge in [0.2, 0.25) is 5.91 Å². The number of hydrogen-bond acceptors (Lipinski definition) is 3. The predicted molar refractivity (Wildman–Crippen MR) is 78.0 cm³/mol. The van der Waals surface area contributed by atoms with Gasteiger partial charge in [0.05, 0.1) is 6.04 Å². The molecule has 4 nitrogen and oxygen atoms in total. The quantitative estimate of drug-likeness (QED) is 0.819. The summed E-state index contributed by atoms with van der Waals surface area (Å²) < 4.78 is 0. The smallest absolute Gasteiger partial charge is 0.237 e. The highest BCUT2D eigenvalue weighted by Crippen LogP contribution is 2.13. The van der Waals surface area contributed by atoms with Gasteiger partial charge < -0.3 is 11.1 Å². The summed E-state index contributed by atoms with van der Waals surface area (Å²) in [5, 5.41) is 3.10. The Balaban J connectivity index is 0.00000289. The monoisotopic (exact) mass is 277 g/mol. The molecule has 108 valence electrons. The number of amides is 1. The molecule has 0 spiro atoms. The van der Waals surface area contributed by atoms with E-state index in [-0.39, 0.29) is 35.9 Å². The number of likely N-dealkylation sites (tertiary alicyclic amines) is 1. The number of halogens is 1. The second-order valence-corrected chi connectivity index (χ2v) is 5.80. The van der Waals surface area contributed by atoms with E-state index in [9.17, 15) is 4.79 Å². The number of rotatable bonds is 4. The zero-order valence-electron chi connectivity index (χ0n) is 12.0. The molecule has 1 aliphatic rings. The third-order valence-electron chi connectivity index (χ3n) is 3.76. The van der Waals surface area contributed by atoms with Crippen LogP contribution in [-0.2, 0) is 4.79 Å². The zero-order chi connectivity index (χ0) is 13.1. The van der Waals surface area contributed by atoms with Crippen LogP contribution in [0.5, 0.6) is 0 Å². The zero-order valence-corrected chi connectivity index (χ0v) is 12.8. The number of carbonyl (C=O) groups is 1. The minimum atomic E-state index is -0.122. The Morgan fingerprint density at radius 2 is 2.17 bits per heavy atom. The van der Waals surface area contributed by atoms with Gasteiger partial charge in [0.15, 0.2) is 0 Å². The molecule has 0 aromatic carbocycles. The maximum Gasteiger partial charge on any atom is 0.237 e. The van der Waals surface area contributed by atoms with Crippen LogP contribution in [-0.4, -0.2) is 41.5 Å². The fourth-order valence-corrected chi connectivity index (χ4v) is 2.08. The molecule has 5 heteroatoms. The van der Waals surface area contributed by atoms with Gasteiger partial charge in [0, 0.05) is 18.1 Å². The molecule has 1 amide bonds. The van der Waals surface area contributed by atoms with E-state index in [1.807, 2.05) is 6.92 Å². The summed E-state index contributed by atoms with van der Waals surface area (Å²) >= 11 is 0. The van der Waals surface area contributed by atoms with Crippen molar-refractivity contribution in [2.45, 2.75) is 64.6 Å². The molecule has 0 bridgehead atoms. The van der Waals surface area contributed by atoms with E-state index < -0.39 is 0 Å². The van der Waals surface area contributed by atoms with Crippen molar-refractivity contribution < 1.29 is 4.79 Å². The molecule has 1 rings (SSSR count). The Labute approximate surface area is 117 Å². The second kappa shape index (κ2) is 7.31. The van der Waals surface area contributed by atoms with Crippen molar-refractivity contribution >= 4 is 18.3 Å². The van der Waals surface area contributed by atoms with E-state index in [0.717, 1.165) is 32.4 Å². The SMILES string of the molecule is CCC(C)(C)NC(=O)C(C)N1CCC[C@@H](N)C1.Cl. The molecule has 1 fully saturated rings. The molecule has 0 saturated carbocycles. The summed E-state index contributed by atoms with van der Waals surface area (Å²) in [5.41, 5.74) is 5.82. The van der Waals surface area contributed by atoms with Crippen LogP contribution in [0.2, 0.25) is 0 Å². The fraction of sp³-hybridized carbons (Fsp3) is 0.923. The Bertz CT molecular complexity index is 271. The van der Waals surface area contributed by atoms with Gasteiger partial charge in [-0.2, -0.15) is 0 Å². The molecule has 0 aromatic heterocycles. The summed E-state index contributed by atoms with van der Waals surface area (Å²) in [6, 6.07) is 0.144. The van der Waals surface area contributed by atoms with Crippen LogP contribution < -0.4 is 11.1 Å². The number of nitrogens with one attached hydrogen (secondary N) is 1. The van der Waals surface area contributed by atoms with Crippen LogP contribution in [0.3, 0.4) is 0 Å². The van der Waals surface area contributed by atoms with E-state index >= 15 is 0 Å². The van der Waals surface area contributed by atoms with Gasteiger partial charge in [0.25, 0.3) is 0 Å². The Morgan fingerprint density at radius 1 is 1.56 bits per heavy atom. The number of carbonyl (C=O) groups excluding carboxylic acids is 1. The lowest BCUT2D eigenvalue weighted by atomic mass is 10.0. The van der Waals surface area contributed by atoms with E-state index in [2.05, 4.69) is 31.0 Å². The third kappa shape index (κ3) is 5.12. The maximum atomic E-state index is 12.1. The first-order valence-electron chi connectivity index (χ1n) is 6.67. The van der Waals surface area contributed by atoms with Gasteiger partial charge in [0.1, 0.15) is 0 Å². The molecule has 1 saturated heterocycles. The number of piperidine rings is 1. The van der Waals surface area contributed by atoms with Gasteiger partial charge in [-0.3, -0.25) is 9.69 Å². The number of nitrogens with two attached hydrogens (primary N) is 1. The standard InChI is InChI=1S/C13H27N3O.ClH/c1-5-13(3,4)15-12(17)10(2)16-8-6-7-11(14)9-16;/h10-11H,5-9,14H2,1-4H3,(H,15,17);1H/t10?,11-;/m1./s1. The molecule has 0 radical (unpaired) electrons. The second-order valence-electron chi connectivity index (χ2n) is 5.80. The summed E-state index contributed by atoms with van der Waals surface area (Å²) in [6.07, 6.45) is 3.10. The van der Waals surface area contributed by atoms with Crippen LogP contribution in [0.25, 0.3) is 0 Å².